The van der Waals surface area contributed by atoms with Gasteiger partial charge in [-0.25, -0.2) is 4.79 Å². The van der Waals surface area contributed by atoms with E-state index < -0.39 is 0 Å². The maximum absolute atomic E-state index is 12.9. The van der Waals surface area contributed by atoms with E-state index in [-0.39, 0.29) is 18.0 Å². The first kappa shape index (κ1) is 16.9. The molecule has 5 rings (SSSR count). The number of hydrogen-bond acceptors (Lipinski definition) is 3. The molecule has 28 heavy (non-hydrogen) atoms. The smallest absolute Gasteiger partial charge is 0.414 e. The third kappa shape index (κ3) is 2.81. The van der Waals surface area contributed by atoms with Crippen molar-refractivity contribution in [3.05, 3.63) is 65.9 Å². The highest BCUT2D eigenvalue weighted by molar-refractivity contribution is 5.98. The minimum Gasteiger partial charge on any atom is -0.444 e. The van der Waals surface area contributed by atoms with Gasteiger partial charge in [0, 0.05) is 35.6 Å². The number of fused-ring (bicyclic) bond motifs is 2. The Hall–Kier alpha value is -3.28. The average Bonchev–Trinajstić information content (AvgIpc) is 3.18. The molecule has 1 fully saturated rings. The van der Waals surface area contributed by atoms with E-state index >= 15 is 0 Å². The van der Waals surface area contributed by atoms with E-state index in [9.17, 15) is 9.59 Å². The van der Waals surface area contributed by atoms with E-state index in [2.05, 4.69) is 4.98 Å². The number of aromatic nitrogens is 1. The van der Waals surface area contributed by atoms with Crippen LogP contribution in [0.25, 0.3) is 10.9 Å². The maximum Gasteiger partial charge on any atom is 0.414 e. The number of carbonyl (C=O) groups is 2. The molecule has 6 nitrogen and oxygen atoms in total. The number of cyclic esters (lactones) is 1. The van der Waals surface area contributed by atoms with Crippen LogP contribution < -0.4 is 4.90 Å². The van der Waals surface area contributed by atoms with E-state index in [1.165, 1.54) is 0 Å². The van der Waals surface area contributed by atoms with Crippen LogP contribution in [0, 0.1) is 0 Å². The number of nitrogens with one attached hydrogen (secondary N) is 1. The lowest BCUT2D eigenvalue weighted by atomic mass is 10.0. The molecule has 2 aliphatic rings. The molecule has 0 spiro atoms. The zero-order valence-corrected chi connectivity index (χ0v) is 15.4. The summed E-state index contributed by atoms with van der Waals surface area (Å²) in [6.07, 6.45) is 1.17. The van der Waals surface area contributed by atoms with Crippen LogP contribution in [0.2, 0.25) is 0 Å². The third-order valence-electron chi connectivity index (χ3n) is 5.68. The molecule has 1 N–H and O–H groups in total. The van der Waals surface area contributed by atoms with Gasteiger partial charge in [-0.1, -0.05) is 36.4 Å². The number of nitrogens with zero attached hydrogens (tertiary/aromatic N) is 2. The molecule has 3 heterocycles. The minimum atomic E-state index is -0.293. The zero-order valence-electron chi connectivity index (χ0n) is 15.4. The van der Waals surface area contributed by atoms with Crippen molar-refractivity contribution >= 4 is 28.6 Å². The number of hydrogen-bond donors (Lipinski definition) is 1. The van der Waals surface area contributed by atoms with Crippen LogP contribution in [0.3, 0.4) is 0 Å². The van der Waals surface area contributed by atoms with Crippen molar-refractivity contribution < 1.29 is 14.3 Å². The molecule has 0 atom stereocenters. The van der Waals surface area contributed by atoms with Crippen LogP contribution in [0.1, 0.15) is 28.9 Å². The molecule has 2 aliphatic heterocycles. The second-order valence-corrected chi connectivity index (χ2v) is 7.35. The fourth-order valence-corrected chi connectivity index (χ4v) is 4.21. The summed E-state index contributed by atoms with van der Waals surface area (Å²) < 4.78 is 5.35. The quantitative estimate of drug-likeness (QED) is 0.738. The molecule has 6 heteroatoms. The van der Waals surface area contributed by atoms with Gasteiger partial charge in [-0.3, -0.25) is 9.69 Å². The van der Waals surface area contributed by atoms with Gasteiger partial charge in [0.25, 0.3) is 5.91 Å². The predicted molar refractivity (Wildman–Crippen MR) is 106 cm³/mol. The van der Waals surface area contributed by atoms with Gasteiger partial charge in [-0.15, -0.1) is 0 Å². The number of para-hydroxylation sites is 2. The SMILES string of the molecule is O=C(c1cc2ccccc2[nH]1)N1CCC(N2C(=O)OCc3ccccc32)CC1. The molecule has 0 bridgehead atoms. The first-order valence-electron chi connectivity index (χ1n) is 9.61. The number of anilines is 1. The highest BCUT2D eigenvalue weighted by Crippen LogP contribution is 2.32. The van der Waals surface area contributed by atoms with Gasteiger partial charge in [-0.2, -0.15) is 0 Å². The molecular formula is C22H21N3O3. The second kappa shape index (κ2) is 6.71. The molecule has 142 valence electrons. The number of H-pyrrole nitrogens is 1. The Balaban J connectivity index is 1.31. The molecule has 2 aromatic carbocycles. The average molecular weight is 375 g/mol. The number of piperidine rings is 1. The third-order valence-corrected chi connectivity index (χ3v) is 5.68. The van der Waals surface area contributed by atoms with Crippen LogP contribution >= 0.6 is 0 Å². The largest absolute Gasteiger partial charge is 0.444 e. The van der Waals surface area contributed by atoms with E-state index in [1.54, 1.807) is 4.90 Å². The summed E-state index contributed by atoms with van der Waals surface area (Å²) in [7, 11) is 0. The molecular weight excluding hydrogens is 354 g/mol. The van der Waals surface area contributed by atoms with Crippen molar-refractivity contribution in [2.75, 3.05) is 18.0 Å². The summed E-state index contributed by atoms with van der Waals surface area (Å²) in [5.74, 6) is 0.0104. The van der Waals surface area contributed by atoms with E-state index in [0.717, 1.165) is 35.0 Å². The van der Waals surface area contributed by atoms with Crippen molar-refractivity contribution in [2.45, 2.75) is 25.5 Å². The topological polar surface area (TPSA) is 65.6 Å². The van der Waals surface area contributed by atoms with E-state index in [1.807, 2.05) is 59.5 Å². The lowest BCUT2D eigenvalue weighted by Gasteiger charge is -2.40. The standard InChI is InChI=1S/C22H21N3O3/c26-21(19-13-15-5-1-3-7-18(15)23-19)24-11-9-17(10-12-24)25-20-8-4-2-6-16(20)14-28-22(25)27/h1-8,13,17,23H,9-12,14H2. The molecule has 0 unspecified atom stereocenters. The maximum atomic E-state index is 12.9. The summed E-state index contributed by atoms with van der Waals surface area (Å²) >= 11 is 0. The van der Waals surface area contributed by atoms with E-state index in [0.29, 0.717) is 25.4 Å². The van der Waals surface area contributed by atoms with Crippen molar-refractivity contribution in [2.24, 2.45) is 0 Å². The van der Waals surface area contributed by atoms with Gasteiger partial charge in [-0.05, 0) is 31.0 Å². The number of aromatic amines is 1. The lowest BCUT2D eigenvalue weighted by molar-refractivity contribution is 0.0703. The van der Waals surface area contributed by atoms with Gasteiger partial charge in [0.15, 0.2) is 0 Å². The fraction of sp³-hybridized carbons (Fsp3) is 0.273. The van der Waals surface area contributed by atoms with Crippen molar-refractivity contribution in [1.29, 1.82) is 0 Å². The summed E-state index contributed by atoms with van der Waals surface area (Å²) in [4.78, 5) is 32.2. The summed E-state index contributed by atoms with van der Waals surface area (Å²) in [5.41, 5.74) is 3.54. The highest BCUT2D eigenvalue weighted by atomic mass is 16.6. The van der Waals surface area contributed by atoms with Crippen molar-refractivity contribution in [3.8, 4) is 0 Å². The zero-order chi connectivity index (χ0) is 19.1. The van der Waals surface area contributed by atoms with E-state index in [4.69, 9.17) is 4.74 Å². The number of rotatable bonds is 2. The second-order valence-electron chi connectivity index (χ2n) is 7.35. The fourth-order valence-electron chi connectivity index (χ4n) is 4.21. The first-order valence-corrected chi connectivity index (χ1v) is 9.61. The number of amides is 2. The van der Waals surface area contributed by atoms with Gasteiger partial charge < -0.3 is 14.6 Å². The van der Waals surface area contributed by atoms with Crippen LogP contribution in [0.5, 0.6) is 0 Å². The van der Waals surface area contributed by atoms with Crippen molar-refractivity contribution in [3.63, 3.8) is 0 Å². The molecule has 0 radical (unpaired) electrons. The molecule has 1 aromatic heterocycles. The van der Waals surface area contributed by atoms with Crippen LogP contribution in [-0.4, -0.2) is 41.0 Å². The Morgan fingerprint density at radius 1 is 1.04 bits per heavy atom. The normalized spacial score (nSPS) is 17.5. The Bertz CT molecular complexity index is 1020. The van der Waals surface area contributed by atoms with Crippen LogP contribution in [0.4, 0.5) is 10.5 Å². The van der Waals surface area contributed by atoms with Gasteiger partial charge in [0.2, 0.25) is 0 Å². The molecule has 0 saturated carbocycles. The Morgan fingerprint density at radius 2 is 1.79 bits per heavy atom. The Morgan fingerprint density at radius 3 is 2.61 bits per heavy atom. The number of carbonyl (C=O) groups excluding carboxylic acids is 2. The lowest BCUT2D eigenvalue weighted by Crippen LogP contribution is -2.50. The summed E-state index contributed by atoms with van der Waals surface area (Å²) in [6, 6.07) is 17.7. The van der Waals surface area contributed by atoms with Gasteiger partial charge >= 0.3 is 6.09 Å². The molecule has 2 amide bonds. The summed E-state index contributed by atoms with van der Waals surface area (Å²) in [5, 5.41) is 1.04. The highest BCUT2D eigenvalue weighted by Gasteiger charge is 2.35. The number of benzene rings is 2. The van der Waals surface area contributed by atoms with Crippen LogP contribution in [-0.2, 0) is 11.3 Å². The van der Waals surface area contributed by atoms with Gasteiger partial charge in [0.1, 0.15) is 12.3 Å². The first-order chi connectivity index (χ1) is 13.7. The van der Waals surface area contributed by atoms with Crippen molar-refractivity contribution in [1.82, 2.24) is 9.88 Å². The molecule has 1 saturated heterocycles. The number of ether oxygens (including phenoxy) is 1. The molecule has 0 aliphatic carbocycles. The predicted octanol–water partition coefficient (Wildman–Crippen LogP) is 3.93. The Kier molecular flexibility index (Phi) is 4.04. The number of likely N-dealkylation sites (tertiary alicyclic amines) is 1. The molecule has 3 aromatic rings. The van der Waals surface area contributed by atoms with Gasteiger partial charge in [0.05, 0.1) is 5.69 Å². The minimum absolute atomic E-state index is 0.0104. The Labute approximate surface area is 162 Å². The van der Waals surface area contributed by atoms with Crippen LogP contribution in [0.15, 0.2) is 54.6 Å². The monoisotopic (exact) mass is 375 g/mol. The summed E-state index contributed by atoms with van der Waals surface area (Å²) in [6.45, 7) is 1.55.